The number of anilines is 1. The zero-order chi connectivity index (χ0) is 11.5. The molecule has 1 heterocycles. The van der Waals surface area contributed by atoms with E-state index < -0.39 is 0 Å². The normalized spacial score (nSPS) is 24.9. The molecule has 5 heteroatoms. The van der Waals surface area contributed by atoms with Crippen LogP contribution in [-0.2, 0) is 0 Å². The topological polar surface area (TPSA) is 68.2 Å². The largest absolute Gasteiger partial charge is 0.339 e. The first-order chi connectivity index (χ1) is 7.74. The molecule has 2 rings (SSSR count). The Morgan fingerprint density at radius 2 is 2.12 bits per heavy atom. The Morgan fingerprint density at radius 3 is 2.69 bits per heavy atom. The fourth-order valence-corrected chi connectivity index (χ4v) is 2.27. The highest BCUT2D eigenvalue weighted by atomic mass is 16.5. The van der Waals surface area contributed by atoms with Crippen molar-refractivity contribution in [3.63, 3.8) is 0 Å². The molecule has 1 saturated carbocycles. The van der Waals surface area contributed by atoms with E-state index in [1.807, 2.05) is 0 Å². The van der Waals surface area contributed by atoms with Crippen molar-refractivity contribution in [3.8, 4) is 0 Å². The molecular formula is C11H20N4O. The standard InChI is InChI=1S/C11H20N4O/c1-3-15(4-2)11-13-10(16-14-11)8-5-6-9(12)7-8/h8-9H,3-7,12H2,1-2H3. The molecular weight excluding hydrogens is 204 g/mol. The smallest absolute Gasteiger partial charge is 0.266 e. The summed E-state index contributed by atoms with van der Waals surface area (Å²) in [6, 6.07) is 0.300. The van der Waals surface area contributed by atoms with E-state index in [4.69, 9.17) is 10.3 Å². The summed E-state index contributed by atoms with van der Waals surface area (Å²) >= 11 is 0. The molecule has 2 unspecified atom stereocenters. The highest BCUT2D eigenvalue weighted by Crippen LogP contribution is 2.33. The molecule has 0 radical (unpaired) electrons. The predicted molar refractivity (Wildman–Crippen MR) is 62.4 cm³/mol. The van der Waals surface area contributed by atoms with Gasteiger partial charge in [-0.1, -0.05) is 0 Å². The third-order valence-electron chi connectivity index (χ3n) is 3.30. The molecule has 0 spiro atoms. The highest BCUT2D eigenvalue weighted by molar-refractivity contribution is 5.27. The molecule has 0 saturated heterocycles. The summed E-state index contributed by atoms with van der Waals surface area (Å²) in [5.74, 6) is 1.84. The lowest BCUT2D eigenvalue weighted by molar-refractivity contribution is 0.352. The van der Waals surface area contributed by atoms with Gasteiger partial charge in [-0.05, 0) is 38.3 Å². The van der Waals surface area contributed by atoms with E-state index >= 15 is 0 Å². The number of rotatable bonds is 4. The van der Waals surface area contributed by atoms with Crippen LogP contribution in [0.2, 0.25) is 0 Å². The van der Waals surface area contributed by atoms with Crippen LogP contribution in [0, 0.1) is 0 Å². The van der Waals surface area contributed by atoms with E-state index in [1.54, 1.807) is 0 Å². The maximum atomic E-state index is 5.88. The van der Waals surface area contributed by atoms with Gasteiger partial charge in [-0.2, -0.15) is 4.98 Å². The molecule has 5 nitrogen and oxygen atoms in total. The van der Waals surface area contributed by atoms with Crippen LogP contribution < -0.4 is 10.6 Å². The van der Waals surface area contributed by atoms with Gasteiger partial charge in [-0.25, -0.2) is 0 Å². The monoisotopic (exact) mass is 224 g/mol. The second-order valence-electron chi connectivity index (χ2n) is 4.37. The van der Waals surface area contributed by atoms with Crippen LogP contribution in [0.1, 0.15) is 44.9 Å². The van der Waals surface area contributed by atoms with Crippen molar-refractivity contribution >= 4 is 5.95 Å². The van der Waals surface area contributed by atoms with Gasteiger partial charge in [-0.3, -0.25) is 0 Å². The van der Waals surface area contributed by atoms with Gasteiger partial charge in [0.15, 0.2) is 0 Å². The van der Waals surface area contributed by atoms with Crippen LogP contribution in [0.3, 0.4) is 0 Å². The van der Waals surface area contributed by atoms with Crippen molar-refractivity contribution in [2.45, 2.75) is 45.1 Å². The van der Waals surface area contributed by atoms with Crippen molar-refractivity contribution in [1.82, 2.24) is 10.1 Å². The quantitative estimate of drug-likeness (QED) is 0.839. The van der Waals surface area contributed by atoms with Gasteiger partial charge >= 0.3 is 0 Å². The average molecular weight is 224 g/mol. The molecule has 0 aliphatic heterocycles. The van der Waals surface area contributed by atoms with Crippen LogP contribution in [0.5, 0.6) is 0 Å². The summed E-state index contributed by atoms with van der Waals surface area (Å²) in [5.41, 5.74) is 5.88. The molecule has 1 aromatic rings. The van der Waals surface area contributed by atoms with Gasteiger partial charge in [0.05, 0.1) is 0 Å². The van der Waals surface area contributed by atoms with Crippen molar-refractivity contribution in [2.24, 2.45) is 5.73 Å². The number of nitrogens with zero attached hydrogens (tertiary/aromatic N) is 3. The van der Waals surface area contributed by atoms with E-state index in [0.717, 1.165) is 38.2 Å². The molecule has 1 aliphatic rings. The fraction of sp³-hybridized carbons (Fsp3) is 0.818. The fourth-order valence-electron chi connectivity index (χ4n) is 2.27. The minimum atomic E-state index is 0.300. The minimum Gasteiger partial charge on any atom is -0.339 e. The van der Waals surface area contributed by atoms with E-state index in [9.17, 15) is 0 Å². The van der Waals surface area contributed by atoms with E-state index in [-0.39, 0.29) is 0 Å². The second-order valence-corrected chi connectivity index (χ2v) is 4.37. The summed E-state index contributed by atoms with van der Waals surface area (Å²) in [6.07, 6.45) is 3.11. The Labute approximate surface area is 96.0 Å². The van der Waals surface area contributed by atoms with Crippen LogP contribution in [-0.4, -0.2) is 29.3 Å². The SMILES string of the molecule is CCN(CC)c1noc(C2CCC(N)C2)n1. The number of nitrogens with two attached hydrogens (primary N) is 1. The van der Waals surface area contributed by atoms with Crippen LogP contribution in [0.4, 0.5) is 5.95 Å². The third-order valence-corrected chi connectivity index (χ3v) is 3.30. The van der Waals surface area contributed by atoms with Crippen molar-refractivity contribution in [1.29, 1.82) is 0 Å². The first-order valence-electron chi connectivity index (χ1n) is 6.08. The molecule has 0 aromatic carbocycles. The van der Waals surface area contributed by atoms with Crippen molar-refractivity contribution < 1.29 is 4.52 Å². The summed E-state index contributed by atoms with van der Waals surface area (Å²) in [5, 5.41) is 4.03. The number of hydrogen-bond acceptors (Lipinski definition) is 5. The first kappa shape index (κ1) is 11.4. The van der Waals surface area contributed by atoms with E-state index in [1.165, 1.54) is 0 Å². The number of aromatic nitrogens is 2. The molecule has 0 amide bonds. The Hall–Kier alpha value is -1.10. The Bertz CT molecular complexity index is 334. The van der Waals surface area contributed by atoms with Gasteiger partial charge in [-0.15, -0.1) is 0 Å². The molecule has 1 aromatic heterocycles. The van der Waals surface area contributed by atoms with Crippen molar-refractivity contribution in [3.05, 3.63) is 5.89 Å². The highest BCUT2D eigenvalue weighted by Gasteiger charge is 2.28. The maximum absolute atomic E-state index is 5.88. The van der Waals surface area contributed by atoms with E-state index in [0.29, 0.717) is 17.9 Å². The lowest BCUT2D eigenvalue weighted by Crippen LogP contribution is -2.23. The van der Waals surface area contributed by atoms with Gasteiger partial charge in [0.25, 0.3) is 5.95 Å². The zero-order valence-corrected chi connectivity index (χ0v) is 10.0. The third kappa shape index (κ3) is 2.19. The molecule has 2 atom stereocenters. The van der Waals surface area contributed by atoms with Crippen molar-refractivity contribution in [2.75, 3.05) is 18.0 Å². The summed E-state index contributed by atoms with van der Waals surface area (Å²) in [7, 11) is 0. The first-order valence-corrected chi connectivity index (χ1v) is 6.08. The summed E-state index contributed by atoms with van der Waals surface area (Å²) in [6.45, 7) is 5.98. The van der Waals surface area contributed by atoms with Gasteiger partial charge in [0, 0.05) is 25.0 Å². The Morgan fingerprint density at radius 1 is 1.38 bits per heavy atom. The summed E-state index contributed by atoms with van der Waals surface area (Å²) in [4.78, 5) is 6.55. The second kappa shape index (κ2) is 4.82. The summed E-state index contributed by atoms with van der Waals surface area (Å²) < 4.78 is 5.32. The van der Waals surface area contributed by atoms with Crippen LogP contribution in [0.15, 0.2) is 4.52 Å². The Kier molecular flexibility index (Phi) is 3.43. The number of hydrogen-bond donors (Lipinski definition) is 1. The van der Waals surface area contributed by atoms with E-state index in [2.05, 4.69) is 28.9 Å². The lowest BCUT2D eigenvalue weighted by Gasteiger charge is -2.14. The van der Waals surface area contributed by atoms with Gasteiger partial charge in [0.2, 0.25) is 5.89 Å². The van der Waals surface area contributed by atoms with Gasteiger partial charge in [0.1, 0.15) is 0 Å². The predicted octanol–water partition coefficient (Wildman–Crippen LogP) is 1.51. The lowest BCUT2D eigenvalue weighted by atomic mass is 10.1. The molecule has 90 valence electrons. The molecule has 1 aliphatic carbocycles. The van der Waals surface area contributed by atoms with Gasteiger partial charge < -0.3 is 15.2 Å². The maximum Gasteiger partial charge on any atom is 0.266 e. The molecule has 1 fully saturated rings. The molecule has 0 bridgehead atoms. The van der Waals surface area contributed by atoms with Crippen LogP contribution in [0.25, 0.3) is 0 Å². The molecule has 16 heavy (non-hydrogen) atoms. The molecule has 2 N–H and O–H groups in total. The van der Waals surface area contributed by atoms with Crippen LogP contribution >= 0.6 is 0 Å². The Balaban J connectivity index is 2.07. The average Bonchev–Trinajstić information content (AvgIpc) is 2.89. The zero-order valence-electron chi connectivity index (χ0n) is 10.0. The minimum absolute atomic E-state index is 0.300.